The minimum atomic E-state index is -0.976. The largest absolute Gasteiger partial charge is 0.452 e. The van der Waals surface area contributed by atoms with Gasteiger partial charge in [0.05, 0.1) is 0 Å². The molecule has 30 heavy (non-hydrogen) atoms. The van der Waals surface area contributed by atoms with Crippen molar-refractivity contribution in [3.05, 3.63) is 0 Å². The van der Waals surface area contributed by atoms with Crippen molar-refractivity contribution < 1.29 is 23.9 Å². The third kappa shape index (κ3) is 17.5. The molecule has 0 amide bonds. The topological polar surface area (TPSA) is 69.7 Å². The van der Waals surface area contributed by atoms with Gasteiger partial charge in [-0.3, -0.25) is 9.59 Å². The maximum atomic E-state index is 11.8. The Balaban J connectivity index is 3.46. The summed E-state index contributed by atoms with van der Waals surface area (Å²) in [5, 5.41) is 0. The van der Waals surface area contributed by atoms with Crippen molar-refractivity contribution in [1.82, 2.24) is 0 Å². The molecule has 0 saturated carbocycles. The first kappa shape index (κ1) is 28.6. The fraction of sp³-hybridized carbons (Fsp3) is 0.880. The molecule has 5 nitrogen and oxygen atoms in total. The van der Waals surface area contributed by atoms with E-state index in [0.29, 0.717) is 6.42 Å². The highest BCUT2D eigenvalue weighted by atomic mass is 16.6. The monoisotopic (exact) mass is 426 g/mol. The molecular weight excluding hydrogens is 380 g/mol. The second-order valence-electron chi connectivity index (χ2n) is 8.52. The van der Waals surface area contributed by atoms with E-state index in [1.807, 2.05) is 0 Å². The van der Waals surface area contributed by atoms with Crippen LogP contribution in [-0.4, -0.2) is 29.9 Å². The van der Waals surface area contributed by atoms with E-state index in [1.165, 1.54) is 97.8 Å². The van der Waals surface area contributed by atoms with Gasteiger partial charge in [-0.25, -0.2) is 4.79 Å². The summed E-state index contributed by atoms with van der Waals surface area (Å²) in [5.41, 5.74) is 0. The number of unbranched alkanes of at least 4 members (excludes halogenated alkanes) is 14. The maximum absolute atomic E-state index is 11.8. The smallest absolute Gasteiger partial charge is 0.347 e. The van der Waals surface area contributed by atoms with Crippen LogP contribution < -0.4 is 0 Å². The summed E-state index contributed by atoms with van der Waals surface area (Å²) in [4.78, 5) is 34.7. The van der Waals surface area contributed by atoms with Crippen LogP contribution in [0.25, 0.3) is 0 Å². The summed E-state index contributed by atoms with van der Waals surface area (Å²) in [6.45, 7) is 6.59. The lowest BCUT2D eigenvalue weighted by atomic mass is 10.0. The predicted molar refractivity (Wildman–Crippen MR) is 121 cm³/mol. The molecule has 0 aliphatic rings. The summed E-state index contributed by atoms with van der Waals surface area (Å²) < 4.78 is 10.0. The molecule has 176 valence electrons. The molecule has 0 spiro atoms. The average molecular weight is 427 g/mol. The quantitative estimate of drug-likeness (QED) is 0.160. The van der Waals surface area contributed by atoms with Gasteiger partial charge in [-0.2, -0.15) is 0 Å². The Morgan fingerprint density at radius 3 is 1.40 bits per heavy atom. The molecule has 0 N–H and O–H groups in total. The van der Waals surface area contributed by atoms with Crippen LogP contribution in [0, 0.1) is 0 Å². The molecule has 0 aromatic heterocycles. The van der Waals surface area contributed by atoms with E-state index in [9.17, 15) is 14.4 Å². The van der Waals surface area contributed by atoms with Gasteiger partial charge in [0.2, 0.25) is 0 Å². The molecule has 0 aromatic carbocycles. The lowest BCUT2D eigenvalue weighted by Crippen LogP contribution is -2.31. The molecule has 0 radical (unpaired) electrons. The number of rotatable bonds is 20. The Hall–Kier alpha value is -1.39. The van der Waals surface area contributed by atoms with Crippen molar-refractivity contribution >= 4 is 17.7 Å². The first-order chi connectivity index (χ1) is 14.4. The Morgan fingerprint density at radius 1 is 0.600 bits per heavy atom. The second kappa shape index (κ2) is 19.6. The van der Waals surface area contributed by atoms with Gasteiger partial charge in [0.25, 0.3) is 0 Å². The summed E-state index contributed by atoms with van der Waals surface area (Å²) in [6, 6.07) is 0. The van der Waals surface area contributed by atoms with Crippen molar-refractivity contribution in [2.24, 2.45) is 0 Å². The Labute approximate surface area is 184 Å². The highest BCUT2D eigenvalue weighted by Gasteiger charge is 2.22. The molecule has 0 saturated heterocycles. The van der Waals surface area contributed by atoms with Crippen molar-refractivity contribution in [2.75, 3.05) is 0 Å². The molecule has 0 aromatic rings. The van der Waals surface area contributed by atoms with E-state index in [4.69, 9.17) is 9.47 Å². The normalized spacial score (nSPS) is 12.9. The van der Waals surface area contributed by atoms with Crippen LogP contribution in [0.15, 0.2) is 0 Å². The molecule has 5 heteroatoms. The zero-order chi connectivity index (χ0) is 22.6. The number of Topliss-reactive ketones (excluding diaryl/α,β-unsaturated/α-hetero) is 1. The minimum absolute atomic E-state index is 0.236. The van der Waals surface area contributed by atoms with Crippen molar-refractivity contribution in [3.8, 4) is 0 Å². The molecule has 0 heterocycles. The first-order valence-electron chi connectivity index (χ1n) is 12.3. The SMILES string of the molecule is CCCCCCCCCCCCCCCCCC(=O)O[C@@H](C)C(=O)O[C@@H](C)C(C)=O. The molecule has 0 aliphatic heterocycles. The number of hydrogen-bond acceptors (Lipinski definition) is 5. The number of ketones is 1. The van der Waals surface area contributed by atoms with E-state index in [0.717, 1.165) is 19.3 Å². The van der Waals surface area contributed by atoms with E-state index >= 15 is 0 Å². The fourth-order valence-corrected chi connectivity index (χ4v) is 3.30. The van der Waals surface area contributed by atoms with Crippen molar-refractivity contribution in [1.29, 1.82) is 0 Å². The maximum Gasteiger partial charge on any atom is 0.347 e. The van der Waals surface area contributed by atoms with Gasteiger partial charge in [0.1, 0.15) is 0 Å². The van der Waals surface area contributed by atoms with Gasteiger partial charge >= 0.3 is 11.9 Å². The highest BCUT2D eigenvalue weighted by Crippen LogP contribution is 2.14. The predicted octanol–water partition coefficient (Wildman–Crippen LogP) is 6.70. The van der Waals surface area contributed by atoms with Crippen molar-refractivity contribution in [2.45, 2.75) is 143 Å². The lowest BCUT2D eigenvalue weighted by Gasteiger charge is -2.15. The van der Waals surface area contributed by atoms with Crippen LogP contribution in [0.2, 0.25) is 0 Å². The van der Waals surface area contributed by atoms with Crippen LogP contribution in [0.5, 0.6) is 0 Å². The molecular formula is C25H46O5. The van der Waals surface area contributed by atoms with Crippen LogP contribution in [0.3, 0.4) is 0 Å². The number of esters is 2. The van der Waals surface area contributed by atoms with Gasteiger partial charge in [-0.05, 0) is 27.2 Å². The minimum Gasteiger partial charge on any atom is -0.452 e. The van der Waals surface area contributed by atoms with Crippen LogP contribution in [0.4, 0.5) is 0 Å². The van der Waals surface area contributed by atoms with Crippen LogP contribution in [0.1, 0.15) is 130 Å². The number of carbonyl (C=O) groups excluding carboxylic acids is 3. The van der Waals surface area contributed by atoms with Gasteiger partial charge < -0.3 is 9.47 Å². The van der Waals surface area contributed by atoms with Gasteiger partial charge in [0, 0.05) is 6.42 Å². The van der Waals surface area contributed by atoms with Gasteiger partial charge in [0.15, 0.2) is 18.0 Å². The lowest BCUT2D eigenvalue weighted by molar-refractivity contribution is -0.171. The summed E-state index contributed by atoms with van der Waals surface area (Å²) >= 11 is 0. The number of ether oxygens (including phenoxy) is 2. The number of carbonyl (C=O) groups is 3. The Morgan fingerprint density at radius 2 is 1.00 bits per heavy atom. The van der Waals surface area contributed by atoms with Gasteiger partial charge in [-0.15, -0.1) is 0 Å². The molecule has 2 atom stereocenters. The average Bonchev–Trinajstić information content (AvgIpc) is 2.70. The van der Waals surface area contributed by atoms with E-state index in [1.54, 1.807) is 0 Å². The zero-order valence-corrected chi connectivity index (χ0v) is 20.0. The highest BCUT2D eigenvalue weighted by molar-refractivity contribution is 5.85. The fourth-order valence-electron chi connectivity index (χ4n) is 3.30. The van der Waals surface area contributed by atoms with E-state index in [-0.39, 0.29) is 11.8 Å². The van der Waals surface area contributed by atoms with Gasteiger partial charge in [-0.1, -0.05) is 96.8 Å². The van der Waals surface area contributed by atoms with Crippen LogP contribution in [-0.2, 0) is 23.9 Å². The molecule has 0 aliphatic carbocycles. The van der Waals surface area contributed by atoms with Crippen LogP contribution >= 0.6 is 0 Å². The standard InChI is InChI=1S/C25H46O5/c1-5-6-7-8-9-10-11-12-13-14-15-16-17-18-19-20-24(27)29-23(4)25(28)30-22(3)21(2)26/h22-23H,5-20H2,1-4H3/t22-,23-/m0/s1. The number of hydrogen-bond donors (Lipinski definition) is 0. The zero-order valence-electron chi connectivity index (χ0n) is 20.0. The molecule has 0 fully saturated rings. The summed E-state index contributed by atoms with van der Waals surface area (Å²) in [7, 11) is 0. The Bertz CT molecular complexity index is 460. The third-order valence-electron chi connectivity index (χ3n) is 5.49. The second-order valence-corrected chi connectivity index (χ2v) is 8.52. The molecule has 0 bridgehead atoms. The van der Waals surface area contributed by atoms with E-state index < -0.39 is 18.2 Å². The molecule has 0 rings (SSSR count). The summed E-state index contributed by atoms with van der Waals surface area (Å²) in [5.74, 6) is -1.30. The Kier molecular flexibility index (Phi) is 18.7. The summed E-state index contributed by atoms with van der Waals surface area (Å²) in [6.07, 6.45) is 17.7. The first-order valence-corrected chi connectivity index (χ1v) is 12.3. The third-order valence-corrected chi connectivity index (χ3v) is 5.49. The van der Waals surface area contributed by atoms with Crippen molar-refractivity contribution in [3.63, 3.8) is 0 Å². The molecule has 0 unspecified atom stereocenters. The van der Waals surface area contributed by atoms with E-state index in [2.05, 4.69) is 6.92 Å².